The van der Waals surface area contributed by atoms with Gasteiger partial charge in [0.1, 0.15) is 0 Å². The molecule has 1 aliphatic heterocycles. The van der Waals surface area contributed by atoms with E-state index in [1.807, 2.05) is 0 Å². The van der Waals surface area contributed by atoms with E-state index < -0.39 is 0 Å². The molecule has 1 aromatic carbocycles. The number of fused-ring (bicyclic) bond motifs is 1. The highest BCUT2D eigenvalue weighted by Gasteiger charge is 2.17. The SMILES string of the molecule is CCCNCc1cc2ccccc2n1CC1CCOCC1. The predicted molar refractivity (Wildman–Crippen MR) is 87.5 cm³/mol. The number of para-hydroxylation sites is 1. The summed E-state index contributed by atoms with van der Waals surface area (Å²) in [5, 5.41) is 4.90. The highest BCUT2D eigenvalue weighted by molar-refractivity contribution is 5.81. The standard InChI is InChI=1S/C18H26N2O/c1-2-9-19-13-17-12-16-5-3-4-6-18(16)20(17)14-15-7-10-21-11-8-15/h3-6,12,15,19H,2,7-11,13-14H2,1H3. The molecule has 1 N–H and O–H groups in total. The normalized spacial score (nSPS) is 16.6. The molecule has 2 aromatic rings. The summed E-state index contributed by atoms with van der Waals surface area (Å²) in [7, 11) is 0. The molecule has 0 atom stereocenters. The van der Waals surface area contributed by atoms with Crippen molar-refractivity contribution in [3.63, 3.8) is 0 Å². The predicted octanol–water partition coefficient (Wildman–Crippen LogP) is 3.57. The summed E-state index contributed by atoms with van der Waals surface area (Å²) < 4.78 is 8.02. The third kappa shape index (κ3) is 3.47. The van der Waals surface area contributed by atoms with Crippen molar-refractivity contribution >= 4 is 10.9 Å². The van der Waals surface area contributed by atoms with Crippen molar-refractivity contribution in [2.24, 2.45) is 5.92 Å². The summed E-state index contributed by atoms with van der Waals surface area (Å²) >= 11 is 0. The van der Waals surface area contributed by atoms with Gasteiger partial charge in [-0.3, -0.25) is 0 Å². The Morgan fingerprint density at radius 3 is 2.86 bits per heavy atom. The van der Waals surface area contributed by atoms with Crippen LogP contribution in [0.3, 0.4) is 0 Å². The maximum absolute atomic E-state index is 5.49. The molecule has 3 rings (SSSR count). The summed E-state index contributed by atoms with van der Waals surface area (Å²) in [4.78, 5) is 0. The van der Waals surface area contributed by atoms with Crippen LogP contribution in [-0.2, 0) is 17.8 Å². The Balaban J connectivity index is 1.83. The highest BCUT2D eigenvalue weighted by Crippen LogP contribution is 2.24. The van der Waals surface area contributed by atoms with Crippen LogP contribution in [0.4, 0.5) is 0 Å². The molecule has 1 fully saturated rings. The topological polar surface area (TPSA) is 26.2 Å². The highest BCUT2D eigenvalue weighted by atomic mass is 16.5. The first kappa shape index (κ1) is 14.6. The summed E-state index contributed by atoms with van der Waals surface area (Å²) in [5.74, 6) is 0.750. The number of aromatic nitrogens is 1. The van der Waals surface area contributed by atoms with Crippen molar-refractivity contribution in [3.05, 3.63) is 36.0 Å². The van der Waals surface area contributed by atoms with Crippen LogP contribution < -0.4 is 5.32 Å². The number of benzene rings is 1. The molecule has 0 radical (unpaired) electrons. The van der Waals surface area contributed by atoms with Gasteiger partial charge in [0, 0.05) is 37.5 Å². The fourth-order valence-corrected chi connectivity index (χ4v) is 3.21. The molecular weight excluding hydrogens is 260 g/mol. The van der Waals surface area contributed by atoms with Crippen LogP contribution in [0.2, 0.25) is 0 Å². The van der Waals surface area contributed by atoms with Crippen molar-refractivity contribution < 1.29 is 4.74 Å². The van der Waals surface area contributed by atoms with Crippen LogP contribution in [0.25, 0.3) is 10.9 Å². The molecule has 21 heavy (non-hydrogen) atoms. The van der Waals surface area contributed by atoms with Gasteiger partial charge in [0.2, 0.25) is 0 Å². The molecule has 0 saturated carbocycles. The molecule has 1 aromatic heterocycles. The van der Waals surface area contributed by atoms with Crippen LogP contribution in [0.15, 0.2) is 30.3 Å². The third-order valence-electron chi connectivity index (χ3n) is 4.41. The van der Waals surface area contributed by atoms with Gasteiger partial charge >= 0.3 is 0 Å². The van der Waals surface area contributed by atoms with Crippen molar-refractivity contribution in [1.82, 2.24) is 9.88 Å². The summed E-state index contributed by atoms with van der Waals surface area (Å²) in [6.07, 6.45) is 3.56. The Bertz CT molecular complexity index is 570. The van der Waals surface area contributed by atoms with Crippen LogP contribution >= 0.6 is 0 Å². The van der Waals surface area contributed by atoms with Crippen LogP contribution in [0.1, 0.15) is 31.9 Å². The van der Waals surface area contributed by atoms with Crippen LogP contribution in [0, 0.1) is 5.92 Å². The fourth-order valence-electron chi connectivity index (χ4n) is 3.21. The smallest absolute Gasteiger partial charge is 0.0483 e. The van der Waals surface area contributed by atoms with E-state index in [0.717, 1.165) is 38.8 Å². The molecule has 1 saturated heterocycles. The number of ether oxygens (including phenoxy) is 1. The third-order valence-corrected chi connectivity index (χ3v) is 4.41. The molecule has 1 aliphatic rings. The van der Waals surface area contributed by atoms with E-state index >= 15 is 0 Å². The molecule has 0 amide bonds. The number of hydrogen-bond donors (Lipinski definition) is 1. The largest absolute Gasteiger partial charge is 0.381 e. The Morgan fingerprint density at radius 1 is 1.24 bits per heavy atom. The van der Waals surface area contributed by atoms with E-state index in [4.69, 9.17) is 4.74 Å². The zero-order valence-electron chi connectivity index (χ0n) is 13.0. The van der Waals surface area contributed by atoms with Crippen molar-refractivity contribution in [2.45, 2.75) is 39.3 Å². The average molecular weight is 286 g/mol. The maximum atomic E-state index is 5.49. The number of rotatable bonds is 6. The molecule has 0 unspecified atom stereocenters. The Labute approximate surface area is 127 Å². The number of nitrogens with zero attached hydrogens (tertiary/aromatic N) is 1. The van der Waals surface area contributed by atoms with E-state index in [9.17, 15) is 0 Å². The van der Waals surface area contributed by atoms with Gasteiger partial charge in [-0.2, -0.15) is 0 Å². The van der Waals surface area contributed by atoms with Crippen molar-refractivity contribution in [2.75, 3.05) is 19.8 Å². The van der Waals surface area contributed by atoms with Gasteiger partial charge in [-0.25, -0.2) is 0 Å². The first-order valence-electron chi connectivity index (χ1n) is 8.24. The first-order valence-corrected chi connectivity index (χ1v) is 8.24. The second kappa shape index (κ2) is 7.10. The zero-order valence-corrected chi connectivity index (χ0v) is 13.0. The monoisotopic (exact) mass is 286 g/mol. The van der Waals surface area contributed by atoms with E-state index in [-0.39, 0.29) is 0 Å². The summed E-state index contributed by atoms with van der Waals surface area (Å²) in [6, 6.07) is 11.1. The molecule has 3 heteroatoms. The molecular formula is C18H26N2O. The van der Waals surface area contributed by atoms with E-state index in [2.05, 4.69) is 47.1 Å². The van der Waals surface area contributed by atoms with E-state index in [0.29, 0.717) is 0 Å². The lowest BCUT2D eigenvalue weighted by molar-refractivity contribution is 0.0614. The molecule has 0 spiro atoms. The van der Waals surface area contributed by atoms with Gasteiger partial charge in [0.15, 0.2) is 0 Å². The molecule has 0 bridgehead atoms. The van der Waals surface area contributed by atoms with Gasteiger partial charge in [-0.15, -0.1) is 0 Å². The second-order valence-electron chi connectivity index (χ2n) is 6.04. The van der Waals surface area contributed by atoms with Crippen molar-refractivity contribution in [1.29, 1.82) is 0 Å². The van der Waals surface area contributed by atoms with Crippen molar-refractivity contribution in [3.8, 4) is 0 Å². The van der Waals surface area contributed by atoms with Gasteiger partial charge in [0.05, 0.1) is 0 Å². The number of hydrogen-bond acceptors (Lipinski definition) is 2. The minimum atomic E-state index is 0.750. The van der Waals surface area contributed by atoms with Crippen LogP contribution in [0.5, 0.6) is 0 Å². The Kier molecular flexibility index (Phi) is 4.94. The zero-order chi connectivity index (χ0) is 14.5. The van der Waals surface area contributed by atoms with Gasteiger partial charge in [-0.1, -0.05) is 25.1 Å². The lowest BCUT2D eigenvalue weighted by atomic mass is 10.0. The van der Waals surface area contributed by atoms with E-state index in [1.165, 1.54) is 35.9 Å². The first-order chi connectivity index (χ1) is 10.4. The lowest BCUT2D eigenvalue weighted by Gasteiger charge is -2.24. The quantitative estimate of drug-likeness (QED) is 0.822. The molecule has 3 nitrogen and oxygen atoms in total. The lowest BCUT2D eigenvalue weighted by Crippen LogP contribution is -2.23. The summed E-state index contributed by atoms with van der Waals surface area (Å²) in [6.45, 7) is 7.23. The molecule has 2 heterocycles. The summed E-state index contributed by atoms with van der Waals surface area (Å²) in [5.41, 5.74) is 2.79. The molecule has 0 aliphatic carbocycles. The van der Waals surface area contributed by atoms with Gasteiger partial charge in [-0.05, 0) is 49.2 Å². The number of nitrogens with one attached hydrogen (secondary N) is 1. The second-order valence-corrected chi connectivity index (χ2v) is 6.04. The average Bonchev–Trinajstić information content (AvgIpc) is 2.87. The van der Waals surface area contributed by atoms with Gasteiger partial charge in [0.25, 0.3) is 0 Å². The van der Waals surface area contributed by atoms with E-state index in [1.54, 1.807) is 0 Å². The fraction of sp³-hybridized carbons (Fsp3) is 0.556. The Hall–Kier alpha value is -1.32. The maximum Gasteiger partial charge on any atom is 0.0483 e. The molecule has 114 valence electrons. The van der Waals surface area contributed by atoms with Gasteiger partial charge < -0.3 is 14.6 Å². The van der Waals surface area contributed by atoms with Crippen LogP contribution in [-0.4, -0.2) is 24.3 Å². The minimum absolute atomic E-state index is 0.750. The minimum Gasteiger partial charge on any atom is -0.381 e. The Morgan fingerprint density at radius 2 is 2.05 bits per heavy atom.